The molecule has 0 bridgehead atoms. The first kappa shape index (κ1) is 35.1. The normalized spacial score (nSPS) is 13.1. The molecule has 4 aromatic rings. The summed E-state index contributed by atoms with van der Waals surface area (Å²) in [6.07, 6.45) is 0.950. The number of ether oxygens (including phenoxy) is 1. The summed E-state index contributed by atoms with van der Waals surface area (Å²) in [6.45, 7) is 11.2. The Morgan fingerprint density at radius 2 is 1.35 bits per heavy atom. The number of aliphatic hydroxyl groups excluding tert-OH is 2. The van der Waals surface area contributed by atoms with Crippen molar-refractivity contribution < 1.29 is 24.5 Å². The molecule has 0 aliphatic heterocycles. The van der Waals surface area contributed by atoms with Crippen LogP contribution in [0.1, 0.15) is 62.0 Å². The zero-order valence-corrected chi connectivity index (χ0v) is 28.7. The molecule has 0 aromatic heterocycles. The molecule has 0 spiro atoms. The van der Waals surface area contributed by atoms with E-state index in [0.717, 1.165) is 27.8 Å². The van der Waals surface area contributed by atoms with Crippen LogP contribution in [-0.4, -0.2) is 43.0 Å². The van der Waals surface area contributed by atoms with E-state index >= 15 is 0 Å². The number of hydrogen-bond acceptors (Lipinski definition) is 5. The Morgan fingerprint density at radius 3 is 1.87 bits per heavy atom. The Hall–Kier alpha value is -3.74. The Balaban J connectivity index is 1.62. The molecular formula is C40H48O5Si. The average molecular weight is 637 g/mol. The number of aryl methyl sites for hydroxylation is 2. The van der Waals surface area contributed by atoms with Crippen LogP contribution in [0, 0.1) is 13.8 Å². The maximum atomic E-state index is 11.1. The smallest absolute Gasteiger partial charge is 0.261 e. The van der Waals surface area contributed by atoms with E-state index in [2.05, 4.69) is 75.0 Å². The van der Waals surface area contributed by atoms with Crippen LogP contribution in [0.3, 0.4) is 0 Å². The molecule has 0 aliphatic carbocycles. The van der Waals surface area contributed by atoms with Crippen molar-refractivity contribution >= 4 is 18.7 Å². The molecular weight excluding hydrogens is 589 g/mol. The molecule has 4 rings (SSSR count). The third kappa shape index (κ3) is 8.95. The first-order valence-electron chi connectivity index (χ1n) is 16.0. The molecule has 0 saturated carbocycles. The van der Waals surface area contributed by atoms with Gasteiger partial charge in [0.25, 0.3) is 8.32 Å². The molecule has 6 heteroatoms. The van der Waals surface area contributed by atoms with Crippen molar-refractivity contribution in [1.82, 2.24) is 0 Å². The number of phenols is 1. The summed E-state index contributed by atoms with van der Waals surface area (Å²) in [5.74, 6) is 0.248. The van der Waals surface area contributed by atoms with Gasteiger partial charge in [0.15, 0.2) is 0 Å². The largest absolute Gasteiger partial charge is 0.507 e. The molecule has 0 radical (unpaired) electrons. The average Bonchev–Trinajstić information content (AvgIpc) is 3.04. The van der Waals surface area contributed by atoms with Gasteiger partial charge in [0.2, 0.25) is 0 Å². The van der Waals surface area contributed by atoms with Crippen LogP contribution in [-0.2, 0) is 15.8 Å². The highest BCUT2D eigenvalue weighted by Gasteiger charge is 2.50. The fourth-order valence-corrected chi connectivity index (χ4v) is 10.5. The van der Waals surface area contributed by atoms with Gasteiger partial charge in [0.05, 0.1) is 32.0 Å². The minimum absolute atomic E-state index is 0.175. The van der Waals surface area contributed by atoms with Crippen molar-refractivity contribution in [3.63, 3.8) is 0 Å². The zero-order chi connectivity index (χ0) is 33.2. The molecule has 0 fully saturated rings. The Labute approximate surface area is 275 Å². The maximum absolute atomic E-state index is 11.1. The first-order chi connectivity index (χ1) is 22.0. The molecule has 0 heterocycles. The summed E-state index contributed by atoms with van der Waals surface area (Å²) in [5, 5.41) is 34.4. The molecule has 0 unspecified atom stereocenters. The molecule has 5 nitrogen and oxygen atoms in total. The lowest BCUT2D eigenvalue weighted by Crippen LogP contribution is -2.66. The zero-order valence-electron chi connectivity index (χ0n) is 27.7. The van der Waals surface area contributed by atoms with Gasteiger partial charge in [-0.1, -0.05) is 112 Å². The van der Waals surface area contributed by atoms with Crippen molar-refractivity contribution in [3.8, 4) is 5.75 Å². The highest BCUT2D eigenvalue weighted by Crippen LogP contribution is 2.37. The summed E-state index contributed by atoms with van der Waals surface area (Å²) in [5.41, 5.74) is 7.44. The summed E-state index contributed by atoms with van der Waals surface area (Å²) in [4.78, 5) is 0. The fraction of sp³-hybridized carbons (Fsp3) is 0.325. The van der Waals surface area contributed by atoms with Crippen LogP contribution in [0.15, 0.2) is 121 Å². The minimum atomic E-state index is -2.82. The van der Waals surface area contributed by atoms with Gasteiger partial charge >= 0.3 is 0 Å². The first-order valence-corrected chi connectivity index (χ1v) is 17.9. The number of benzene rings is 4. The number of aromatic hydroxyl groups is 1. The van der Waals surface area contributed by atoms with Crippen LogP contribution < -0.4 is 10.4 Å². The van der Waals surface area contributed by atoms with Gasteiger partial charge in [0, 0.05) is 12.8 Å². The van der Waals surface area contributed by atoms with Crippen molar-refractivity contribution in [1.29, 1.82) is 0 Å². The number of aliphatic hydroxyl groups is 2. The van der Waals surface area contributed by atoms with Gasteiger partial charge in [-0.05, 0) is 75.3 Å². The predicted molar refractivity (Wildman–Crippen MR) is 189 cm³/mol. The number of rotatable bonds is 14. The van der Waals surface area contributed by atoms with E-state index < -0.39 is 20.5 Å². The van der Waals surface area contributed by atoms with Crippen LogP contribution in [0.4, 0.5) is 0 Å². The predicted octanol–water partition coefficient (Wildman–Crippen LogP) is 7.06. The van der Waals surface area contributed by atoms with Gasteiger partial charge < -0.3 is 24.5 Å². The van der Waals surface area contributed by atoms with Gasteiger partial charge in [-0.15, -0.1) is 5.73 Å². The molecule has 4 aromatic carbocycles. The second-order valence-corrected chi connectivity index (χ2v) is 17.3. The highest BCUT2D eigenvalue weighted by atomic mass is 28.4. The van der Waals surface area contributed by atoms with Crippen LogP contribution >= 0.6 is 0 Å². The van der Waals surface area contributed by atoms with E-state index in [-0.39, 0.29) is 24.0 Å². The summed E-state index contributed by atoms with van der Waals surface area (Å²) >= 11 is 0. The summed E-state index contributed by atoms with van der Waals surface area (Å²) < 4.78 is 13.0. The molecule has 2 atom stereocenters. The van der Waals surface area contributed by atoms with E-state index in [9.17, 15) is 15.3 Å². The lowest BCUT2D eigenvalue weighted by molar-refractivity contribution is 0.0279. The quantitative estimate of drug-likeness (QED) is 0.102. The standard InChI is InChI=1S/C40H48O5Si/c1-30-24-34(25-31(2)39(30)43)38(42)23-15-18-33(26-35(41)29-44-27-32-16-9-6-10-17-32)28-45-46(40(3,4)5,36-19-11-7-12-20-36)37-21-13-8-14-22-37/h6-17,19-22,24-25,35,38,41-43H,23,26-29H2,1-5H3/t18?,35-,38-/m1/s1. The van der Waals surface area contributed by atoms with Crippen molar-refractivity contribution in [2.75, 3.05) is 13.2 Å². The summed E-state index contributed by atoms with van der Waals surface area (Å²) in [6, 6.07) is 34.5. The Morgan fingerprint density at radius 1 is 0.826 bits per heavy atom. The van der Waals surface area contributed by atoms with E-state index in [0.29, 0.717) is 19.4 Å². The van der Waals surface area contributed by atoms with E-state index in [1.807, 2.05) is 74.5 Å². The minimum Gasteiger partial charge on any atom is -0.507 e. The monoisotopic (exact) mass is 636 g/mol. The number of phenolic OH excluding ortho intramolecular Hbond substituents is 1. The van der Waals surface area contributed by atoms with Crippen molar-refractivity contribution in [3.05, 3.63) is 143 Å². The molecule has 3 N–H and O–H groups in total. The summed E-state index contributed by atoms with van der Waals surface area (Å²) in [7, 11) is -2.82. The maximum Gasteiger partial charge on any atom is 0.261 e. The van der Waals surface area contributed by atoms with Crippen molar-refractivity contribution in [2.24, 2.45) is 0 Å². The van der Waals surface area contributed by atoms with Crippen molar-refractivity contribution in [2.45, 2.75) is 71.3 Å². The van der Waals surface area contributed by atoms with E-state index in [1.165, 1.54) is 10.4 Å². The highest BCUT2D eigenvalue weighted by molar-refractivity contribution is 6.99. The van der Waals surface area contributed by atoms with Gasteiger partial charge in [-0.3, -0.25) is 0 Å². The van der Waals surface area contributed by atoms with Gasteiger partial charge in [-0.25, -0.2) is 0 Å². The Kier molecular flexibility index (Phi) is 12.4. The van der Waals surface area contributed by atoms with Gasteiger partial charge in [0.1, 0.15) is 5.75 Å². The van der Waals surface area contributed by atoms with E-state index in [4.69, 9.17) is 9.16 Å². The molecule has 242 valence electrons. The third-order valence-corrected chi connectivity index (χ3v) is 13.3. The van der Waals surface area contributed by atoms with Gasteiger partial charge in [-0.2, -0.15) is 0 Å². The lowest BCUT2D eigenvalue weighted by Gasteiger charge is -2.43. The van der Waals surface area contributed by atoms with E-state index in [1.54, 1.807) is 0 Å². The molecule has 0 saturated heterocycles. The fourth-order valence-electron chi connectivity index (χ4n) is 5.98. The molecule has 0 amide bonds. The molecule has 46 heavy (non-hydrogen) atoms. The Bertz CT molecular complexity index is 1530. The van der Waals surface area contributed by atoms with Crippen LogP contribution in [0.2, 0.25) is 5.04 Å². The van der Waals surface area contributed by atoms with Crippen LogP contribution in [0.25, 0.3) is 0 Å². The third-order valence-electron chi connectivity index (χ3n) is 8.33. The SMILES string of the molecule is Cc1cc([C@H](O)CC=C=C(CO[Si](c2ccccc2)(c2ccccc2)C(C)(C)C)C[C@@H](O)COCc2ccccc2)cc(C)c1O. The van der Waals surface area contributed by atoms with Crippen LogP contribution in [0.5, 0.6) is 5.75 Å². The second kappa shape index (κ2) is 16.2. The lowest BCUT2D eigenvalue weighted by atomic mass is 10.00. The topological polar surface area (TPSA) is 79.2 Å². The number of hydrogen-bond donors (Lipinski definition) is 3. The molecule has 0 aliphatic rings. The second-order valence-electron chi connectivity index (χ2n) is 13.0.